The molecule has 0 fully saturated rings. The van der Waals surface area contributed by atoms with Gasteiger partial charge in [0.25, 0.3) is 0 Å². The van der Waals surface area contributed by atoms with Crippen LogP contribution in [-0.4, -0.2) is 17.7 Å². The minimum absolute atomic E-state index is 0.0106. The molecule has 3 nitrogen and oxygen atoms in total. The van der Waals surface area contributed by atoms with Crippen molar-refractivity contribution in [3.8, 4) is 5.75 Å². The normalized spacial score (nSPS) is 12.1. The summed E-state index contributed by atoms with van der Waals surface area (Å²) in [5.41, 5.74) is 0.735. The average Bonchev–Trinajstić information content (AvgIpc) is 2.26. The molecule has 0 aromatic heterocycles. The smallest absolute Gasteiger partial charge is 0.307 e. The quantitative estimate of drug-likeness (QED) is 0.805. The Morgan fingerprint density at radius 1 is 1.44 bits per heavy atom. The van der Waals surface area contributed by atoms with Gasteiger partial charge in [-0.25, -0.2) is 0 Å². The van der Waals surface area contributed by atoms with Crippen molar-refractivity contribution in [3.63, 3.8) is 0 Å². The zero-order valence-corrected chi connectivity index (χ0v) is 9.77. The van der Waals surface area contributed by atoms with E-state index in [1.54, 1.807) is 6.07 Å². The number of carbonyl (C=O) groups is 1. The van der Waals surface area contributed by atoms with Gasteiger partial charge in [-0.05, 0) is 12.0 Å². The van der Waals surface area contributed by atoms with Crippen LogP contribution in [0.15, 0.2) is 24.3 Å². The molecule has 0 aliphatic heterocycles. The van der Waals surface area contributed by atoms with Crippen LogP contribution in [0.3, 0.4) is 0 Å². The fourth-order valence-electron chi connectivity index (χ4n) is 1.30. The summed E-state index contributed by atoms with van der Waals surface area (Å²) in [5.74, 6) is 0.336. The molecule has 0 saturated carbocycles. The van der Waals surface area contributed by atoms with Crippen LogP contribution in [0, 0.1) is 5.92 Å². The van der Waals surface area contributed by atoms with Crippen LogP contribution in [0.2, 0.25) is 0 Å². The Labute approximate surface area is 96.1 Å². The van der Waals surface area contributed by atoms with Crippen LogP contribution in [-0.2, 0) is 11.2 Å². The number of aliphatic carboxylic acids is 1. The number of rotatable bonds is 6. The topological polar surface area (TPSA) is 46.5 Å². The first-order chi connectivity index (χ1) is 7.63. The van der Waals surface area contributed by atoms with Crippen molar-refractivity contribution in [2.75, 3.05) is 6.61 Å². The molecule has 1 aromatic carbocycles. The maximum Gasteiger partial charge on any atom is 0.307 e. The Balaban J connectivity index is 2.67. The number of carboxylic acids is 1. The van der Waals surface area contributed by atoms with Gasteiger partial charge in [-0.2, -0.15) is 0 Å². The van der Waals surface area contributed by atoms with E-state index in [2.05, 4.69) is 13.8 Å². The lowest BCUT2D eigenvalue weighted by molar-refractivity contribution is -0.136. The molecular weight excluding hydrogens is 204 g/mol. The molecule has 0 aliphatic rings. The van der Waals surface area contributed by atoms with Crippen molar-refractivity contribution >= 4 is 5.97 Å². The molecule has 0 amide bonds. The summed E-state index contributed by atoms with van der Waals surface area (Å²) in [6.45, 7) is 4.85. The van der Waals surface area contributed by atoms with Gasteiger partial charge in [0, 0.05) is 5.56 Å². The molecule has 0 heterocycles. The van der Waals surface area contributed by atoms with Crippen molar-refractivity contribution in [3.05, 3.63) is 29.8 Å². The van der Waals surface area contributed by atoms with E-state index in [0.717, 1.165) is 12.0 Å². The highest BCUT2D eigenvalue weighted by Gasteiger charge is 2.08. The Kier molecular flexibility index (Phi) is 4.83. The van der Waals surface area contributed by atoms with Crippen LogP contribution in [0.4, 0.5) is 0 Å². The van der Waals surface area contributed by atoms with Crippen LogP contribution >= 0.6 is 0 Å². The summed E-state index contributed by atoms with van der Waals surface area (Å²) < 4.78 is 5.63. The summed E-state index contributed by atoms with van der Waals surface area (Å²) in [4.78, 5) is 10.7. The number of hydrogen-bond acceptors (Lipinski definition) is 2. The van der Waals surface area contributed by atoms with Gasteiger partial charge in [-0.15, -0.1) is 0 Å². The van der Waals surface area contributed by atoms with Crippen molar-refractivity contribution in [2.24, 2.45) is 5.92 Å². The lowest BCUT2D eigenvalue weighted by atomic mass is 10.1. The zero-order chi connectivity index (χ0) is 12.0. The molecule has 1 rings (SSSR count). The van der Waals surface area contributed by atoms with Gasteiger partial charge in [-0.1, -0.05) is 38.5 Å². The van der Waals surface area contributed by atoms with E-state index >= 15 is 0 Å². The van der Waals surface area contributed by atoms with Gasteiger partial charge in [0.15, 0.2) is 0 Å². The van der Waals surface area contributed by atoms with E-state index in [1.807, 2.05) is 18.2 Å². The number of ether oxygens (including phenoxy) is 1. The molecule has 1 atom stereocenters. The van der Waals surface area contributed by atoms with Crippen LogP contribution in [0.1, 0.15) is 25.8 Å². The zero-order valence-electron chi connectivity index (χ0n) is 9.77. The van der Waals surface area contributed by atoms with Crippen LogP contribution in [0.5, 0.6) is 5.75 Å². The van der Waals surface area contributed by atoms with E-state index in [1.165, 1.54) is 0 Å². The lowest BCUT2D eigenvalue weighted by Gasteiger charge is -2.13. The molecular formula is C13H18O3. The number of benzene rings is 1. The largest absolute Gasteiger partial charge is 0.493 e. The van der Waals surface area contributed by atoms with E-state index in [-0.39, 0.29) is 6.42 Å². The molecule has 3 heteroatoms. The molecule has 16 heavy (non-hydrogen) atoms. The summed E-state index contributed by atoms with van der Waals surface area (Å²) in [7, 11) is 0. The van der Waals surface area contributed by atoms with E-state index < -0.39 is 5.97 Å². The lowest BCUT2D eigenvalue weighted by Crippen LogP contribution is -2.09. The molecule has 1 N–H and O–H groups in total. The Morgan fingerprint density at radius 3 is 2.75 bits per heavy atom. The molecule has 0 aliphatic carbocycles. The maximum absolute atomic E-state index is 10.7. The first kappa shape index (κ1) is 12.6. The summed E-state index contributed by atoms with van der Waals surface area (Å²) in [6.07, 6.45) is 1.07. The fourth-order valence-corrected chi connectivity index (χ4v) is 1.30. The Hall–Kier alpha value is -1.51. The Bertz CT molecular complexity index is 347. The predicted molar refractivity (Wildman–Crippen MR) is 62.7 cm³/mol. The first-order valence-corrected chi connectivity index (χ1v) is 5.56. The van der Waals surface area contributed by atoms with E-state index in [9.17, 15) is 4.79 Å². The second-order valence-electron chi connectivity index (χ2n) is 4.00. The highest BCUT2D eigenvalue weighted by molar-refractivity contribution is 5.71. The third-order valence-electron chi connectivity index (χ3n) is 2.53. The molecule has 0 radical (unpaired) electrons. The van der Waals surface area contributed by atoms with Crippen LogP contribution < -0.4 is 4.74 Å². The second-order valence-corrected chi connectivity index (χ2v) is 4.00. The van der Waals surface area contributed by atoms with Gasteiger partial charge in [0.05, 0.1) is 13.0 Å². The SMILES string of the molecule is CCC(C)COc1ccccc1CC(=O)O. The molecule has 1 unspecified atom stereocenters. The average molecular weight is 222 g/mol. The third kappa shape index (κ3) is 3.93. The molecule has 0 bridgehead atoms. The Morgan fingerprint density at radius 2 is 2.12 bits per heavy atom. The van der Waals surface area contributed by atoms with Crippen molar-refractivity contribution < 1.29 is 14.6 Å². The number of carboxylic acid groups (broad SMARTS) is 1. The molecule has 1 aromatic rings. The monoisotopic (exact) mass is 222 g/mol. The van der Waals surface area contributed by atoms with E-state index in [0.29, 0.717) is 18.3 Å². The van der Waals surface area contributed by atoms with Gasteiger partial charge in [-0.3, -0.25) is 4.79 Å². The van der Waals surface area contributed by atoms with Crippen molar-refractivity contribution in [1.29, 1.82) is 0 Å². The third-order valence-corrected chi connectivity index (χ3v) is 2.53. The van der Waals surface area contributed by atoms with Crippen molar-refractivity contribution in [2.45, 2.75) is 26.7 Å². The molecule has 0 spiro atoms. The maximum atomic E-state index is 10.7. The van der Waals surface area contributed by atoms with Gasteiger partial charge >= 0.3 is 5.97 Å². The summed E-state index contributed by atoms with van der Waals surface area (Å²) in [6, 6.07) is 7.30. The standard InChI is InChI=1S/C13H18O3/c1-3-10(2)9-16-12-7-5-4-6-11(12)8-13(14)15/h4-7,10H,3,8-9H2,1-2H3,(H,14,15). The van der Waals surface area contributed by atoms with Gasteiger partial charge in [0.1, 0.15) is 5.75 Å². The molecule has 0 saturated heterocycles. The minimum Gasteiger partial charge on any atom is -0.493 e. The highest BCUT2D eigenvalue weighted by atomic mass is 16.5. The first-order valence-electron chi connectivity index (χ1n) is 5.56. The molecule has 88 valence electrons. The van der Waals surface area contributed by atoms with Gasteiger partial charge in [0.2, 0.25) is 0 Å². The summed E-state index contributed by atoms with van der Waals surface area (Å²) >= 11 is 0. The highest BCUT2D eigenvalue weighted by Crippen LogP contribution is 2.19. The number of hydrogen-bond donors (Lipinski definition) is 1. The summed E-state index contributed by atoms with van der Waals surface area (Å²) in [5, 5.41) is 8.76. The number of para-hydroxylation sites is 1. The minimum atomic E-state index is -0.834. The van der Waals surface area contributed by atoms with E-state index in [4.69, 9.17) is 9.84 Å². The van der Waals surface area contributed by atoms with Crippen LogP contribution in [0.25, 0.3) is 0 Å². The van der Waals surface area contributed by atoms with Gasteiger partial charge < -0.3 is 9.84 Å². The predicted octanol–water partition coefficient (Wildman–Crippen LogP) is 2.74. The van der Waals surface area contributed by atoms with Crippen molar-refractivity contribution in [1.82, 2.24) is 0 Å². The second kappa shape index (κ2) is 6.16. The fraction of sp³-hybridized carbons (Fsp3) is 0.462.